The van der Waals surface area contributed by atoms with Crippen LogP contribution in [0.3, 0.4) is 0 Å². The second-order valence-corrected chi connectivity index (χ2v) is 8.59. The number of morpholine rings is 1. The lowest BCUT2D eigenvalue weighted by atomic mass is 10.2. The highest BCUT2D eigenvalue weighted by molar-refractivity contribution is 7.99. The third-order valence-electron chi connectivity index (χ3n) is 5.22. The molecule has 2 aromatic heterocycles. The maximum absolute atomic E-state index is 5.39. The van der Waals surface area contributed by atoms with Gasteiger partial charge in [-0.1, -0.05) is 36.3 Å². The molecule has 0 bridgehead atoms. The smallest absolute Gasteiger partial charge is 0.0967 e. The summed E-state index contributed by atoms with van der Waals surface area (Å²) in [5, 5.41) is 9.87. The van der Waals surface area contributed by atoms with Crippen molar-refractivity contribution >= 4 is 22.7 Å². The van der Waals surface area contributed by atoms with Crippen LogP contribution < -0.4 is 0 Å². The van der Waals surface area contributed by atoms with E-state index >= 15 is 0 Å². The molecule has 7 heteroatoms. The number of aromatic nitrogens is 4. The average molecular weight is 412 g/mol. The van der Waals surface area contributed by atoms with Crippen LogP contribution in [0.2, 0.25) is 0 Å². The van der Waals surface area contributed by atoms with Gasteiger partial charge in [0.2, 0.25) is 0 Å². The van der Waals surface area contributed by atoms with Crippen molar-refractivity contribution in [3.63, 3.8) is 0 Å². The minimum atomic E-state index is 0.823. The van der Waals surface area contributed by atoms with Gasteiger partial charge in [-0.15, -0.1) is 16.9 Å². The molecule has 0 radical (unpaired) electrons. The van der Waals surface area contributed by atoms with Crippen molar-refractivity contribution in [2.75, 3.05) is 32.1 Å². The predicted octanol–water partition coefficient (Wildman–Crippen LogP) is 4.01. The fourth-order valence-electron chi connectivity index (χ4n) is 3.62. The second-order valence-electron chi connectivity index (χ2n) is 7.45. The van der Waals surface area contributed by atoms with E-state index in [2.05, 4.69) is 50.7 Å². The summed E-state index contributed by atoms with van der Waals surface area (Å²) in [6, 6.07) is 10.5. The summed E-state index contributed by atoms with van der Waals surface area (Å²) in [6.07, 6.45) is 8.89. The lowest BCUT2D eigenvalue weighted by Gasteiger charge is -2.25. The summed E-state index contributed by atoms with van der Waals surface area (Å²) in [5.41, 5.74) is 2.14. The highest BCUT2D eigenvalue weighted by Crippen LogP contribution is 2.27. The lowest BCUT2D eigenvalue weighted by Crippen LogP contribution is -2.35. The van der Waals surface area contributed by atoms with Gasteiger partial charge in [0, 0.05) is 48.9 Å². The quantitative estimate of drug-likeness (QED) is 0.371. The van der Waals surface area contributed by atoms with E-state index in [9.17, 15) is 0 Å². The number of ether oxygens (including phenoxy) is 1. The molecule has 0 saturated carbocycles. The van der Waals surface area contributed by atoms with Crippen LogP contribution >= 0.6 is 11.8 Å². The predicted molar refractivity (Wildman–Crippen MR) is 117 cm³/mol. The number of benzene rings is 1. The first-order valence-electron chi connectivity index (χ1n) is 10.5. The van der Waals surface area contributed by atoms with Gasteiger partial charge in [0.05, 0.1) is 24.4 Å². The van der Waals surface area contributed by atoms with E-state index in [1.54, 1.807) is 0 Å². The summed E-state index contributed by atoms with van der Waals surface area (Å²) < 4.78 is 7.39. The van der Waals surface area contributed by atoms with E-state index in [4.69, 9.17) is 4.74 Å². The zero-order chi connectivity index (χ0) is 19.7. The monoisotopic (exact) mass is 411 g/mol. The Bertz CT molecular complexity index is 888. The number of rotatable bonds is 10. The Morgan fingerprint density at radius 1 is 1.00 bits per heavy atom. The Hall–Kier alpha value is -1.96. The minimum absolute atomic E-state index is 0.823. The molecule has 0 atom stereocenters. The van der Waals surface area contributed by atoms with E-state index in [-0.39, 0.29) is 0 Å². The van der Waals surface area contributed by atoms with Gasteiger partial charge in [-0.05, 0) is 30.7 Å². The third kappa shape index (κ3) is 6.01. The molecule has 6 nitrogen and oxygen atoms in total. The molecule has 154 valence electrons. The molecular formula is C22H29N5OS. The third-order valence-corrected chi connectivity index (χ3v) is 6.38. The number of aryl methyl sites for hydroxylation is 1. The fraction of sp³-hybridized carbons (Fsp3) is 0.500. The number of hydrogen-bond acceptors (Lipinski definition) is 6. The molecule has 29 heavy (non-hydrogen) atoms. The van der Waals surface area contributed by atoms with Crippen LogP contribution in [0.1, 0.15) is 31.4 Å². The van der Waals surface area contributed by atoms with Crippen molar-refractivity contribution in [3.05, 3.63) is 48.4 Å². The molecule has 1 saturated heterocycles. The standard InChI is InChI=1S/C22H29N5OS/c1(2-6-16-29-22-9-10-23-21-8-4-3-7-20(21)22)5-11-27-18-19(24-25-27)17-26-12-14-28-15-13-26/h3-4,7-10,18H,1-2,5-6,11-17H2. The topological polar surface area (TPSA) is 56.1 Å². The molecule has 4 rings (SSSR count). The molecule has 0 unspecified atom stereocenters. The van der Waals surface area contributed by atoms with Crippen molar-refractivity contribution in [3.8, 4) is 0 Å². The Labute approximate surface area is 176 Å². The highest BCUT2D eigenvalue weighted by atomic mass is 32.2. The summed E-state index contributed by atoms with van der Waals surface area (Å²) in [7, 11) is 0. The van der Waals surface area contributed by atoms with Crippen LogP contribution in [0.15, 0.2) is 47.6 Å². The van der Waals surface area contributed by atoms with Crippen molar-refractivity contribution in [1.29, 1.82) is 0 Å². The van der Waals surface area contributed by atoms with Crippen LogP contribution in [-0.2, 0) is 17.8 Å². The molecule has 3 aromatic rings. The number of para-hydroxylation sites is 1. The Morgan fingerprint density at radius 2 is 1.86 bits per heavy atom. The van der Waals surface area contributed by atoms with E-state index < -0.39 is 0 Å². The normalized spacial score (nSPS) is 15.2. The van der Waals surface area contributed by atoms with Crippen LogP contribution in [0, 0.1) is 0 Å². The first-order valence-corrected chi connectivity index (χ1v) is 11.5. The van der Waals surface area contributed by atoms with E-state index in [0.717, 1.165) is 62.8 Å². The van der Waals surface area contributed by atoms with Crippen LogP contribution in [0.4, 0.5) is 0 Å². The number of unbranched alkanes of at least 4 members (excludes halogenated alkanes) is 3. The molecule has 0 amide bonds. The summed E-state index contributed by atoms with van der Waals surface area (Å²) >= 11 is 1.94. The van der Waals surface area contributed by atoms with E-state index in [0.29, 0.717) is 0 Å². The van der Waals surface area contributed by atoms with Crippen molar-refractivity contribution in [2.45, 2.75) is 43.7 Å². The Balaban J connectivity index is 1.11. The van der Waals surface area contributed by atoms with Gasteiger partial charge in [-0.2, -0.15) is 0 Å². The summed E-state index contributed by atoms with van der Waals surface area (Å²) in [4.78, 5) is 8.15. The molecular weight excluding hydrogens is 382 g/mol. The molecule has 0 spiro atoms. The van der Waals surface area contributed by atoms with Gasteiger partial charge in [-0.25, -0.2) is 0 Å². The van der Waals surface area contributed by atoms with E-state index in [1.807, 2.05) is 28.7 Å². The van der Waals surface area contributed by atoms with Gasteiger partial charge in [0.1, 0.15) is 0 Å². The Kier molecular flexibility index (Phi) is 7.51. The lowest BCUT2D eigenvalue weighted by molar-refractivity contribution is 0.0336. The number of fused-ring (bicyclic) bond motifs is 1. The van der Waals surface area contributed by atoms with Gasteiger partial charge < -0.3 is 4.74 Å². The fourth-order valence-corrected chi connectivity index (χ4v) is 4.67. The first-order chi connectivity index (χ1) is 14.4. The SMILES string of the molecule is c1ccc2c(SCCCCCCn3cc(CN4CCOCC4)nn3)ccnc2c1. The summed E-state index contributed by atoms with van der Waals surface area (Å²) in [5.74, 6) is 1.15. The minimum Gasteiger partial charge on any atom is -0.379 e. The molecule has 1 aliphatic rings. The maximum atomic E-state index is 5.39. The highest BCUT2D eigenvalue weighted by Gasteiger charge is 2.12. The molecule has 0 aliphatic carbocycles. The largest absolute Gasteiger partial charge is 0.379 e. The second kappa shape index (κ2) is 10.7. The number of thioether (sulfide) groups is 1. The van der Waals surface area contributed by atoms with Crippen molar-refractivity contribution in [2.24, 2.45) is 0 Å². The first kappa shape index (κ1) is 20.3. The molecule has 1 fully saturated rings. The van der Waals surface area contributed by atoms with Gasteiger partial charge >= 0.3 is 0 Å². The summed E-state index contributed by atoms with van der Waals surface area (Å²) in [6.45, 7) is 5.45. The maximum Gasteiger partial charge on any atom is 0.0967 e. The molecule has 1 aliphatic heterocycles. The van der Waals surface area contributed by atoms with Gasteiger partial charge in [-0.3, -0.25) is 14.6 Å². The van der Waals surface area contributed by atoms with Gasteiger partial charge in [0.15, 0.2) is 0 Å². The molecule has 3 heterocycles. The van der Waals surface area contributed by atoms with Crippen molar-refractivity contribution in [1.82, 2.24) is 24.9 Å². The molecule has 0 N–H and O–H groups in total. The Morgan fingerprint density at radius 3 is 2.79 bits per heavy atom. The van der Waals surface area contributed by atoms with E-state index in [1.165, 1.54) is 29.5 Å². The van der Waals surface area contributed by atoms with Crippen LogP contribution in [0.25, 0.3) is 10.9 Å². The molecule has 1 aromatic carbocycles. The number of nitrogens with zero attached hydrogens (tertiary/aromatic N) is 5. The zero-order valence-electron chi connectivity index (χ0n) is 16.9. The zero-order valence-corrected chi connectivity index (χ0v) is 17.7. The van der Waals surface area contributed by atoms with Gasteiger partial charge in [0.25, 0.3) is 0 Å². The van der Waals surface area contributed by atoms with Crippen molar-refractivity contribution < 1.29 is 4.74 Å². The van der Waals surface area contributed by atoms with Crippen LogP contribution in [0.5, 0.6) is 0 Å². The average Bonchev–Trinajstić information content (AvgIpc) is 3.21. The number of pyridine rings is 1. The van der Waals surface area contributed by atoms with Crippen LogP contribution in [-0.4, -0.2) is 56.9 Å². The number of hydrogen-bond donors (Lipinski definition) is 0.